The van der Waals surface area contributed by atoms with E-state index in [1.54, 1.807) is 24.3 Å². The first-order valence-electron chi connectivity index (χ1n) is 22.0. The Morgan fingerprint density at radius 3 is 2.20 bits per heavy atom. The number of fused-ring (bicyclic) bond motifs is 2. The average molecular weight is 886 g/mol. The van der Waals surface area contributed by atoms with Crippen molar-refractivity contribution < 1.29 is 46.6 Å². The number of amides is 5. The van der Waals surface area contributed by atoms with Crippen LogP contribution in [0, 0.1) is 5.92 Å². The summed E-state index contributed by atoms with van der Waals surface area (Å²) >= 11 is 0. The van der Waals surface area contributed by atoms with Crippen LogP contribution in [0.3, 0.4) is 0 Å². The van der Waals surface area contributed by atoms with Gasteiger partial charge in [-0.15, -0.1) is 13.2 Å². The third-order valence-electron chi connectivity index (χ3n) is 12.4. The van der Waals surface area contributed by atoms with E-state index in [0.717, 1.165) is 103 Å². The van der Waals surface area contributed by atoms with Crippen LogP contribution in [0.2, 0.25) is 0 Å². The molecule has 3 saturated heterocycles. The highest BCUT2D eigenvalue weighted by atomic mass is 19.4. The van der Waals surface area contributed by atoms with Gasteiger partial charge in [0.1, 0.15) is 17.4 Å². The number of piperazine rings is 1. The lowest BCUT2D eigenvalue weighted by Gasteiger charge is -2.39. The van der Waals surface area contributed by atoms with Gasteiger partial charge in [-0.3, -0.25) is 34.3 Å². The van der Waals surface area contributed by atoms with Crippen LogP contribution < -0.4 is 20.3 Å². The Balaban J connectivity index is 0.850. The lowest BCUT2D eigenvalue weighted by Crippen LogP contribution is -2.54. The molecule has 340 valence electrons. The maximum absolute atomic E-state index is 13.4. The lowest BCUT2D eigenvalue weighted by molar-refractivity contribution is -0.274. The fourth-order valence-corrected chi connectivity index (χ4v) is 9.23. The van der Waals surface area contributed by atoms with Crippen LogP contribution in [0.4, 0.5) is 23.7 Å². The molecule has 4 aliphatic rings. The number of aryl methyl sites for hydroxylation is 1. The van der Waals surface area contributed by atoms with E-state index in [2.05, 4.69) is 52.8 Å². The molecule has 2 N–H and O–H groups in total. The van der Waals surface area contributed by atoms with Crippen LogP contribution in [0.25, 0.3) is 22.0 Å². The second-order valence-corrected chi connectivity index (χ2v) is 18.1. The largest absolute Gasteiger partial charge is 0.573 e. The van der Waals surface area contributed by atoms with Gasteiger partial charge >= 0.3 is 12.5 Å². The van der Waals surface area contributed by atoms with Crippen LogP contribution >= 0.6 is 0 Å². The van der Waals surface area contributed by atoms with Gasteiger partial charge in [-0.1, -0.05) is 18.2 Å². The van der Waals surface area contributed by atoms with Crippen molar-refractivity contribution in [3.05, 3.63) is 83.6 Å². The van der Waals surface area contributed by atoms with Gasteiger partial charge < -0.3 is 29.2 Å². The van der Waals surface area contributed by atoms with E-state index in [0.29, 0.717) is 31.0 Å². The van der Waals surface area contributed by atoms with Crippen LogP contribution in [0.15, 0.2) is 66.9 Å². The summed E-state index contributed by atoms with van der Waals surface area (Å²) in [6.45, 7) is 13.6. The number of alkyl halides is 3. The first-order chi connectivity index (χ1) is 30.5. The highest BCUT2D eigenvalue weighted by Crippen LogP contribution is 2.35. The molecule has 3 aromatic carbocycles. The molecule has 1 aromatic heterocycles. The standard InChI is InChI=1S/C47H54F3N7O7/c1-46(2,3)64-45(62)51-17-4-18-56-29-38(32-6-9-34(10-7-32)63-47(48,49)50)36-25-31(5-12-39(36)56)28-54-23-21-53(22-24-54)27-30-15-19-55(20-16-30)33-8-11-35-37(26-33)44(61)57(43(35)60)40-13-14-41(58)52-42(40)59/h5-12,25-26,29-30,40H,4,13-24,27-28H2,1-3H3,(H,51,62)(H,52,58,59). The molecule has 64 heavy (non-hydrogen) atoms. The molecule has 1 unspecified atom stereocenters. The van der Waals surface area contributed by atoms with E-state index in [-0.39, 0.29) is 24.2 Å². The van der Waals surface area contributed by atoms with Crippen LogP contribution in [-0.4, -0.2) is 119 Å². The molecular formula is C47H54F3N7O7. The smallest absolute Gasteiger partial charge is 0.444 e. The van der Waals surface area contributed by atoms with Crippen molar-refractivity contribution >= 4 is 46.3 Å². The Morgan fingerprint density at radius 2 is 1.52 bits per heavy atom. The van der Waals surface area contributed by atoms with Gasteiger partial charge in [-0.2, -0.15) is 0 Å². The number of alkyl carbamates (subject to hydrolysis) is 1. The molecule has 4 aliphatic heterocycles. The number of rotatable bonds is 12. The Hall–Kier alpha value is -5.94. The summed E-state index contributed by atoms with van der Waals surface area (Å²) in [4.78, 5) is 71.1. The lowest BCUT2D eigenvalue weighted by atomic mass is 9.95. The number of benzene rings is 3. The SMILES string of the molecule is CC(C)(C)OC(=O)NCCCn1cc(-c2ccc(OC(F)(F)F)cc2)c2cc(CN3CCN(CC4CCN(c5ccc6c(c5)C(=O)N(C5CCC(=O)NC5=O)C6=O)CC4)CC3)ccc21. The zero-order valence-electron chi connectivity index (χ0n) is 36.3. The number of nitrogens with one attached hydrogen (secondary N) is 2. The maximum atomic E-state index is 13.4. The monoisotopic (exact) mass is 885 g/mol. The second-order valence-electron chi connectivity index (χ2n) is 18.1. The average Bonchev–Trinajstić information content (AvgIpc) is 3.72. The van der Waals surface area contributed by atoms with E-state index < -0.39 is 47.7 Å². The summed E-state index contributed by atoms with van der Waals surface area (Å²) in [5.41, 5.74) is 4.62. The number of imide groups is 2. The third kappa shape index (κ3) is 10.4. The summed E-state index contributed by atoms with van der Waals surface area (Å²) in [5, 5.41) is 6.03. The van der Waals surface area contributed by atoms with Crippen molar-refractivity contribution in [2.24, 2.45) is 5.92 Å². The molecule has 5 amide bonds. The predicted molar refractivity (Wildman–Crippen MR) is 233 cm³/mol. The van der Waals surface area contributed by atoms with E-state index >= 15 is 0 Å². The van der Waals surface area contributed by atoms with Crippen LogP contribution in [0.1, 0.15) is 79.2 Å². The Morgan fingerprint density at radius 1 is 0.812 bits per heavy atom. The maximum Gasteiger partial charge on any atom is 0.573 e. The number of nitrogens with zero attached hydrogens (tertiary/aromatic N) is 5. The Labute approximate surface area is 369 Å². The van der Waals surface area contributed by atoms with Crippen molar-refractivity contribution in [3.63, 3.8) is 0 Å². The molecule has 17 heteroatoms. The second kappa shape index (κ2) is 18.3. The molecule has 8 rings (SSSR count). The minimum absolute atomic E-state index is 0.0763. The molecule has 4 aromatic rings. The van der Waals surface area contributed by atoms with Gasteiger partial charge in [0.25, 0.3) is 11.8 Å². The van der Waals surface area contributed by atoms with Crippen LogP contribution in [-0.2, 0) is 27.4 Å². The number of carbonyl (C=O) groups is 5. The van der Waals surface area contributed by atoms with Gasteiger partial charge in [0.2, 0.25) is 11.8 Å². The number of aromatic nitrogens is 1. The van der Waals surface area contributed by atoms with Gasteiger partial charge in [0, 0.05) is 100 Å². The van der Waals surface area contributed by atoms with Gasteiger partial charge in [-0.25, -0.2) is 4.79 Å². The number of carbonyl (C=O) groups excluding carboxylic acids is 5. The van der Waals surface area contributed by atoms with Gasteiger partial charge in [-0.05, 0) is 106 Å². The molecule has 14 nitrogen and oxygen atoms in total. The van der Waals surface area contributed by atoms with Gasteiger partial charge in [0.05, 0.1) is 11.1 Å². The number of anilines is 1. The molecular weight excluding hydrogens is 832 g/mol. The molecule has 0 aliphatic carbocycles. The molecule has 0 bridgehead atoms. The van der Waals surface area contributed by atoms with Crippen molar-refractivity contribution in [1.82, 2.24) is 29.9 Å². The number of halogens is 3. The minimum Gasteiger partial charge on any atom is -0.444 e. The molecule has 0 radical (unpaired) electrons. The quantitative estimate of drug-likeness (QED) is 0.119. The number of ether oxygens (including phenoxy) is 2. The van der Waals surface area contributed by atoms with E-state index in [4.69, 9.17) is 4.74 Å². The van der Waals surface area contributed by atoms with E-state index in [1.165, 1.54) is 12.1 Å². The molecule has 1 atom stereocenters. The first-order valence-corrected chi connectivity index (χ1v) is 22.0. The number of hydrogen-bond donors (Lipinski definition) is 2. The first kappa shape index (κ1) is 44.7. The summed E-state index contributed by atoms with van der Waals surface area (Å²) in [7, 11) is 0. The zero-order chi connectivity index (χ0) is 45.3. The fraction of sp³-hybridized carbons (Fsp3) is 0.468. The fourth-order valence-electron chi connectivity index (χ4n) is 9.23. The summed E-state index contributed by atoms with van der Waals surface area (Å²) in [6, 6.07) is 16.6. The predicted octanol–water partition coefficient (Wildman–Crippen LogP) is 6.56. The van der Waals surface area contributed by atoms with E-state index in [1.807, 2.05) is 33.0 Å². The van der Waals surface area contributed by atoms with Crippen molar-refractivity contribution in [3.8, 4) is 16.9 Å². The number of piperidine rings is 2. The third-order valence-corrected chi connectivity index (χ3v) is 12.4. The molecule has 0 saturated carbocycles. The van der Waals surface area contributed by atoms with E-state index in [9.17, 15) is 37.1 Å². The Bertz CT molecular complexity index is 2410. The summed E-state index contributed by atoms with van der Waals surface area (Å²) < 4.78 is 50.3. The number of hydrogen-bond acceptors (Lipinski definition) is 10. The topological polar surface area (TPSA) is 146 Å². The normalized spacial score (nSPS) is 19.3. The summed E-state index contributed by atoms with van der Waals surface area (Å²) in [5.74, 6) is -1.79. The Kier molecular flexibility index (Phi) is 12.8. The molecule has 5 heterocycles. The van der Waals surface area contributed by atoms with Crippen molar-refractivity contribution in [1.29, 1.82) is 0 Å². The minimum atomic E-state index is -4.78. The summed E-state index contributed by atoms with van der Waals surface area (Å²) in [6.07, 6.45) is -0.423. The van der Waals surface area contributed by atoms with Crippen LogP contribution in [0.5, 0.6) is 5.75 Å². The van der Waals surface area contributed by atoms with Crippen molar-refractivity contribution in [2.75, 3.05) is 57.3 Å². The molecule has 0 spiro atoms. The highest BCUT2D eigenvalue weighted by molar-refractivity contribution is 6.23. The van der Waals surface area contributed by atoms with Gasteiger partial charge in [0.15, 0.2) is 0 Å². The zero-order valence-corrected chi connectivity index (χ0v) is 36.3. The molecule has 3 fully saturated rings. The van der Waals surface area contributed by atoms with Crippen molar-refractivity contribution in [2.45, 2.75) is 84.0 Å². The highest BCUT2D eigenvalue weighted by Gasteiger charge is 2.45.